The Morgan fingerprint density at radius 2 is 2.10 bits per heavy atom. The molecule has 0 aliphatic carbocycles. The summed E-state index contributed by atoms with van der Waals surface area (Å²) in [5.41, 5.74) is 6.44. The lowest BCUT2D eigenvalue weighted by Crippen LogP contribution is -2.42. The van der Waals surface area contributed by atoms with Gasteiger partial charge in [0.15, 0.2) is 0 Å². The molecule has 2 atom stereocenters. The van der Waals surface area contributed by atoms with E-state index in [0.717, 1.165) is 5.69 Å². The van der Waals surface area contributed by atoms with E-state index in [2.05, 4.69) is 5.32 Å². The van der Waals surface area contributed by atoms with Gasteiger partial charge in [-0.05, 0) is 25.5 Å². The number of hydrogen-bond acceptors (Lipinski definition) is 3. The summed E-state index contributed by atoms with van der Waals surface area (Å²) in [6.07, 6.45) is 0.882. The summed E-state index contributed by atoms with van der Waals surface area (Å²) in [4.78, 5) is 25.5. The molecule has 1 aromatic carbocycles. The molecule has 110 valence electrons. The number of carbonyl (C=O) groups is 2. The first-order valence-electron chi connectivity index (χ1n) is 6.49. The highest BCUT2D eigenvalue weighted by molar-refractivity contribution is 6.01. The largest absolute Gasteiger partial charge is 0.344 e. The quantitative estimate of drug-likeness (QED) is 0.873. The molecule has 1 aromatic rings. The normalized spacial score (nSPS) is 19.4. The second-order valence-corrected chi connectivity index (χ2v) is 4.92. The molecule has 0 bridgehead atoms. The van der Waals surface area contributed by atoms with Crippen LogP contribution in [0.15, 0.2) is 30.3 Å². The van der Waals surface area contributed by atoms with Crippen LogP contribution >= 0.6 is 12.4 Å². The lowest BCUT2D eigenvalue weighted by molar-refractivity contribution is -0.126. The van der Waals surface area contributed by atoms with Crippen molar-refractivity contribution in [1.29, 1.82) is 0 Å². The standard InChI is InChI=1S/C14H19N3O2.ClH/c1-10(15)9-13(18)16-12-7-8-17(14(12)19)11-5-3-2-4-6-11;/h2-6,10,12H,7-9,15H2,1H3,(H,16,18);1H. The van der Waals surface area contributed by atoms with Crippen LogP contribution in [0.5, 0.6) is 0 Å². The maximum atomic E-state index is 12.2. The van der Waals surface area contributed by atoms with Gasteiger partial charge in [0.05, 0.1) is 0 Å². The predicted molar refractivity (Wildman–Crippen MR) is 80.9 cm³/mol. The van der Waals surface area contributed by atoms with E-state index in [1.54, 1.807) is 11.8 Å². The van der Waals surface area contributed by atoms with Gasteiger partial charge in [0.1, 0.15) is 6.04 Å². The Balaban J connectivity index is 0.00000200. The zero-order valence-electron chi connectivity index (χ0n) is 11.4. The maximum absolute atomic E-state index is 12.2. The Morgan fingerprint density at radius 3 is 2.70 bits per heavy atom. The van der Waals surface area contributed by atoms with E-state index in [-0.39, 0.29) is 36.7 Å². The van der Waals surface area contributed by atoms with E-state index in [0.29, 0.717) is 13.0 Å². The van der Waals surface area contributed by atoms with Gasteiger partial charge in [-0.15, -0.1) is 12.4 Å². The molecular formula is C14H20ClN3O2. The van der Waals surface area contributed by atoms with Crippen LogP contribution in [-0.2, 0) is 9.59 Å². The van der Waals surface area contributed by atoms with Crippen molar-refractivity contribution < 1.29 is 9.59 Å². The Kier molecular flexibility index (Phi) is 5.98. The van der Waals surface area contributed by atoms with Gasteiger partial charge in [-0.3, -0.25) is 9.59 Å². The Morgan fingerprint density at radius 1 is 1.45 bits per heavy atom. The van der Waals surface area contributed by atoms with Gasteiger partial charge in [-0.25, -0.2) is 0 Å². The smallest absolute Gasteiger partial charge is 0.249 e. The molecule has 1 heterocycles. The predicted octanol–water partition coefficient (Wildman–Crippen LogP) is 1.07. The number of halogens is 1. The third-order valence-corrected chi connectivity index (χ3v) is 3.12. The van der Waals surface area contributed by atoms with E-state index in [1.165, 1.54) is 0 Å². The molecule has 0 radical (unpaired) electrons. The molecule has 3 N–H and O–H groups in total. The van der Waals surface area contributed by atoms with Gasteiger partial charge >= 0.3 is 0 Å². The minimum Gasteiger partial charge on any atom is -0.344 e. The van der Waals surface area contributed by atoms with E-state index in [1.807, 2.05) is 30.3 Å². The summed E-state index contributed by atoms with van der Waals surface area (Å²) in [7, 11) is 0. The summed E-state index contributed by atoms with van der Waals surface area (Å²) in [5.74, 6) is -0.215. The number of benzene rings is 1. The first-order chi connectivity index (χ1) is 9.08. The number of hydrogen-bond donors (Lipinski definition) is 2. The molecule has 0 saturated carbocycles. The first kappa shape index (κ1) is 16.5. The van der Waals surface area contributed by atoms with Crippen LogP contribution in [0.25, 0.3) is 0 Å². The molecular weight excluding hydrogens is 278 g/mol. The summed E-state index contributed by atoms with van der Waals surface area (Å²) >= 11 is 0. The lowest BCUT2D eigenvalue weighted by atomic mass is 10.2. The number of anilines is 1. The van der Waals surface area contributed by atoms with E-state index >= 15 is 0 Å². The highest BCUT2D eigenvalue weighted by atomic mass is 35.5. The third-order valence-electron chi connectivity index (χ3n) is 3.12. The Bertz CT molecular complexity index is 465. The summed E-state index contributed by atoms with van der Waals surface area (Å²) in [6, 6.07) is 8.86. The molecule has 1 aliphatic heterocycles. The van der Waals surface area contributed by atoms with Crippen molar-refractivity contribution in [3.8, 4) is 0 Å². The Hall–Kier alpha value is -1.59. The van der Waals surface area contributed by atoms with E-state index in [9.17, 15) is 9.59 Å². The monoisotopic (exact) mass is 297 g/mol. The van der Waals surface area contributed by atoms with Gasteiger partial charge in [0.2, 0.25) is 11.8 Å². The highest BCUT2D eigenvalue weighted by Gasteiger charge is 2.33. The maximum Gasteiger partial charge on any atom is 0.249 e. The van der Waals surface area contributed by atoms with Crippen LogP contribution in [0.1, 0.15) is 19.8 Å². The number of nitrogens with two attached hydrogens (primary N) is 1. The van der Waals surface area contributed by atoms with Crippen LogP contribution in [0.4, 0.5) is 5.69 Å². The molecule has 2 amide bonds. The molecule has 5 nitrogen and oxygen atoms in total. The van der Waals surface area contributed by atoms with Crippen molar-refractivity contribution in [3.63, 3.8) is 0 Å². The highest BCUT2D eigenvalue weighted by Crippen LogP contribution is 2.21. The van der Waals surface area contributed by atoms with Crippen molar-refractivity contribution in [2.75, 3.05) is 11.4 Å². The lowest BCUT2D eigenvalue weighted by Gasteiger charge is -2.17. The molecule has 1 saturated heterocycles. The Labute approximate surface area is 124 Å². The SMILES string of the molecule is CC(N)CC(=O)NC1CCN(c2ccccc2)C1=O.Cl. The zero-order valence-corrected chi connectivity index (χ0v) is 12.2. The third kappa shape index (κ3) is 3.95. The van der Waals surface area contributed by atoms with E-state index < -0.39 is 6.04 Å². The molecule has 20 heavy (non-hydrogen) atoms. The summed E-state index contributed by atoms with van der Waals surface area (Å²) in [5, 5.41) is 2.75. The van der Waals surface area contributed by atoms with Crippen LogP contribution in [0, 0.1) is 0 Å². The average molecular weight is 298 g/mol. The first-order valence-corrected chi connectivity index (χ1v) is 6.49. The van der Waals surface area contributed by atoms with Gasteiger partial charge < -0.3 is 16.0 Å². The minimum atomic E-state index is -0.425. The fourth-order valence-electron chi connectivity index (χ4n) is 2.22. The number of para-hydroxylation sites is 1. The van der Waals surface area contributed by atoms with Crippen molar-refractivity contribution >= 4 is 29.9 Å². The van der Waals surface area contributed by atoms with Crippen LogP contribution in [0.2, 0.25) is 0 Å². The number of nitrogens with one attached hydrogen (secondary N) is 1. The van der Waals surface area contributed by atoms with E-state index in [4.69, 9.17) is 5.73 Å². The average Bonchev–Trinajstić information content (AvgIpc) is 2.71. The molecule has 1 fully saturated rings. The topological polar surface area (TPSA) is 75.4 Å². The van der Waals surface area contributed by atoms with Gasteiger partial charge in [-0.1, -0.05) is 18.2 Å². The summed E-state index contributed by atoms with van der Waals surface area (Å²) < 4.78 is 0. The molecule has 1 aliphatic rings. The fourth-order valence-corrected chi connectivity index (χ4v) is 2.22. The number of carbonyl (C=O) groups excluding carboxylic acids is 2. The van der Waals surface area contributed by atoms with Crippen LogP contribution < -0.4 is 16.0 Å². The van der Waals surface area contributed by atoms with Crippen LogP contribution in [0.3, 0.4) is 0 Å². The van der Waals surface area contributed by atoms with Crippen molar-refractivity contribution in [1.82, 2.24) is 5.32 Å². The molecule has 0 aromatic heterocycles. The van der Waals surface area contributed by atoms with Crippen molar-refractivity contribution in [3.05, 3.63) is 30.3 Å². The molecule has 2 unspecified atom stereocenters. The zero-order chi connectivity index (χ0) is 13.8. The molecule has 6 heteroatoms. The number of rotatable bonds is 4. The van der Waals surface area contributed by atoms with Gasteiger partial charge in [0, 0.05) is 24.7 Å². The second kappa shape index (κ2) is 7.26. The summed E-state index contributed by atoms with van der Waals surface area (Å²) in [6.45, 7) is 2.40. The number of amides is 2. The fraction of sp³-hybridized carbons (Fsp3) is 0.429. The minimum absolute atomic E-state index is 0. The second-order valence-electron chi connectivity index (χ2n) is 4.92. The molecule has 0 spiro atoms. The van der Waals surface area contributed by atoms with Crippen LogP contribution in [-0.4, -0.2) is 30.4 Å². The van der Waals surface area contributed by atoms with Crippen molar-refractivity contribution in [2.45, 2.75) is 31.8 Å². The van der Waals surface area contributed by atoms with Crippen molar-refractivity contribution in [2.24, 2.45) is 5.73 Å². The van der Waals surface area contributed by atoms with Gasteiger partial charge in [-0.2, -0.15) is 0 Å². The molecule has 2 rings (SSSR count). The number of nitrogens with zero attached hydrogens (tertiary/aromatic N) is 1. The van der Waals surface area contributed by atoms with Gasteiger partial charge in [0.25, 0.3) is 0 Å².